The summed E-state index contributed by atoms with van der Waals surface area (Å²) in [4.78, 5) is 27.3. The Kier molecular flexibility index (Phi) is 8.99. The Morgan fingerprint density at radius 1 is 0.966 bits per heavy atom. The number of aryl methyl sites for hydroxylation is 1. The minimum Gasteiger partial charge on any atom is -0.354 e. The molecule has 0 aliphatic heterocycles. The van der Waals surface area contributed by atoms with Crippen molar-refractivity contribution in [1.29, 1.82) is 0 Å². The van der Waals surface area contributed by atoms with Gasteiger partial charge in [0.1, 0.15) is 6.04 Å². The van der Waals surface area contributed by atoms with E-state index in [1.165, 1.54) is 0 Å². The first kappa shape index (κ1) is 23.2. The second-order valence-corrected chi connectivity index (χ2v) is 8.34. The second-order valence-electron chi connectivity index (χ2n) is 7.52. The molecular formula is C23H28Cl2N2O2. The predicted molar refractivity (Wildman–Crippen MR) is 119 cm³/mol. The van der Waals surface area contributed by atoms with Crippen LogP contribution in [0.5, 0.6) is 0 Å². The summed E-state index contributed by atoms with van der Waals surface area (Å²) in [6.07, 6.45) is 0.903. The molecule has 0 aliphatic rings. The third kappa shape index (κ3) is 7.06. The normalized spacial score (nSPS) is 11.9. The number of carbonyl (C=O) groups excluding carboxylic acids is 2. The lowest BCUT2D eigenvalue weighted by Gasteiger charge is -2.29. The van der Waals surface area contributed by atoms with Gasteiger partial charge in [-0.1, -0.05) is 73.4 Å². The largest absolute Gasteiger partial charge is 0.354 e. The van der Waals surface area contributed by atoms with Gasteiger partial charge in [-0.2, -0.15) is 0 Å². The molecule has 0 aromatic heterocycles. The molecule has 29 heavy (non-hydrogen) atoms. The number of nitrogens with one attached hydrogen (secondary N) is 1. The topological polar surface area (TPSA) is 49.4 Å². The number of hydrogen-bond donors (Lipinski definition) is 1. The van der Waals surface area contributed by atoms with Crippen LogP contribution in [-0.4, -0.2) is 29.3 Å². The Bertz CT molecular complexity index is 805. The zero-order valence-corrected chi connectivity index (χ0v) is 18.6. The molecule has 0 saturated heterocycles. The van der Waals surface area contributed by atoms with E-state index < -0.39 is 6.04 Å². The van der Waals surface area contributed by atoms with Crippen molar-refractivity contribution in [3.8, 4) is 0 Å². The summed E-state index contributed by atoms with van der Waals surface area (Å²) in [7, 11) is 0. The van der Waals surface area contributed by atoms with Crippen molar-refractivity contribution in [1.82, 2.24) is 10.2 Å². The van der Waals surface area contributed by atoms with Crippen LogP contribution >= 0.6 is 23.2 Å². The third-order valence-corrected chi connectivity index (χ3v) is 5.42. The molecular weight excluding hydrogens is 407 g/mol. The minimum absolute atomic E-state index is 0.114. The molecule has 1 unspecified atom stereocenters. The van der Waals surface area contributed by atoms with Gasteiger partial charge in [0.15, 0.2) is 0 Å². The molecule has 2 rings (SSSR count). The number of hydrogen-bond acceptors (Lipinski definition) is 2. The fraction of sp³-hybridized carbons (Fsp3) is 0.391. The fourth-order valence-corrected chi connectivity index (χ4v) is 3.45. The fourth-order valence-electron chi connectivity index (χ4n) is 2.93. The van der Waals surface area contributed by atoms with Crippen molar-refractivity contribution in [2.24, 2.45) is 5.92 Å². The van der Waals surface area contributed by atoms with Crippen molar-refractivity contribution in [3.63, 3.8) is 0 Å². The quantitative estimate of drug-likeness (QED) is 0.595. The molecule has 0 spiro atoms. The number of benzene rings is 2. The molecule has 0 heterocycles. The second kappa shape index (κ2) is 11.2. The number of carbonyl (C=O) groups is 2. The highest BCUT2D eigenvalue weighted by molar-refractivity contribution is 6.36. The minimum atomic E-state index is -0.635. The van der Waals surface area contributed by atoms with Gasteiger partial charge < -0.3 is 10.2 Å². The van der Waals surface area contributed by atoms with E-state index in [2.05, 4.69) is 5.32 Å². The third-order valence-electron chi connectivity index (χ3n) is 4.71. The van der Waals surface area contributed by atoms with E-state index in [-0.39, 0.29) is 18.4 Å². The van der Waals surface area contributed by atoms with Crippen molar-refractivity contribution in [2.45, 2.75) is 46.2 Å². The maximum absolute atomic E-state index is 13.1. The maximum Gasteiger partial charge on any atom is 0.242 e. The van der Waals surface area contributed by atoms with Gasteiger partial charge in [-0.3, -0.25) is 9.59 Å². The van der Waals surface area contributed by atoms with Crippen molar-refractivity contribution in [3.05, 3.63) is 69.7 Å². The summed E-state index contributed by atoms with van der Waals surface area (Å²) < 4.78 is 0. The van der Waals surface area contributed by atoms with Crippen molar-refractivity contribution < 1.29 is 9.59 Å². The van der Waals surface area contributed by atoms with Gasteiger partial charge in [0, 0.05) is 35.1 Å². The SMILES string of the molecule is CC(C)CNC(=O)C(C)N(Cc1c(Cl)cccc1Cl)C(=O)CCc1ccccc1. The molecule has 0 bridgehead atoms. The molecule has 2 aromatic carbocycles. The van der Waals surface area contributed by atoms with Gasteiger partial charge in [0.25, 0.3) is 0 Å². The number of nitrogens with zero attached hydrogens (tertiary/aromatic N) is 1. The monoisotopic (exact) mass is 434 g/mol. The van der Waals surface area contributed by atoms with Gasteiger partial charge in [-0.25, -0.2) is 0 Å². The smallest absolute Gasteiger partial charge is 0.242 e. The standard InChI is InChI=1S/C23H28Cl2N2O2/c1-16(2)14-26-23(29)17(3)27(15-19-20(24)10-7-11-21(19)25)22(28)13-12-18-8-5-4-6-9-18/h4-11,16-17H,12-15H2,1-3H3,(H,26,29). The molecule has 4 nitrogen and oxygen atoms in total. The Morgan fingerprint density at radius 2 is 1.59 bits per heavy atom. The van der Waals surface area contributed by atoms with E-state index in [0.29, 0.717) is 40.9 Å². The van der Waals surface area contributed by atoms with Crippen LogP contribution in [0.1, 0.15) is 38.3 Å². The van der Waals surface area contributed by atoms with Crippen LogP contribution in [-0.2, 0) is 22.6 Å². The lowest BCUT2D eigenvalue weighted by Crippen LogP contribution is -2.48. The van der Waals surface area contributed by atoms with Crippen LogP contribution < -0.4 is 5.32 Å². The Morgan fingerprint density at radius 3 is 2.17 bits per heavy atom. The van der Waals surface area contributed by atoms with Crippen LogP contribution in [0.4, 0.5) is 0 Å². The lowest BCUT2D eigenvalue weighted by atomic mass is 10.1. The first-order chi connectivity index (χ1) is 13.8. The van der Waals surface area contributed by atoms with Crippen LogP contribution in [0, 0.1) is 5.92 Å². The van der Waals surface area contributed by atoms with E-state index in [9.17, 15) is 9.59 Å². The first-order valence-corrected chi connectivity index (χ1v) is 10.6. The summed E-state index contributed by atoms with van der Waals surface area (Å²) in [5, 5.41) is 3.87. The molecule has 1 N–H and O–H groups in total. The average Bonchev–Trinajstić information content (AvgIpc) is 2.70. The number of rotatable bonds is 9. The summed E-state index contributed by atoms with van der Waals surface area (Å²) in [5.41, 5.74) is 1.72. The molecule has 2 aromatic rings. The first-order valence-electron chi connectivity index (χ1n) is 9.83. The summed E-state index contributed by atoms with van der Waals surface area (Å²) in [6, 6.07) is 14.4. The number of amides is 2. The molecule has 0 fully saturated rings. The zero-order chi connectivity index (χ0) is 21.4. The van der Waals surface area contributed by atoms with Gasteiger partial charge in [0.05, 0.1) is 0 Å². The highest BCUT2D eigenvalue weighted by atomic mass is 35.5. The number of halogens is 2. The summed E-state index contributed by atoms with van der Waals surface area (Å²) >= 11 is 12.6. The van der Waals surface area contributed by atoms with E-state index in [1.807, 2.05) is 44.2 Å². The van der Waals surface area contributed by atoms with E-state index in [1.54, 1.807) is 30.0 Å². The van der Waals surface area contributed by atoms with E-state index >= 15 is 0 Å². The maximum atomic E-state index is 13.1. The van der Waals surface area contributed by atoms with Gasteiger partial charge in [-0.05, 0) is 37.0 Å². The molecule has 6 heteroatoms. The molecule has 2 amide bonds. The van der Waals surface area contributed by atoms with E-state index in [0.717, 1.165) is 5.56 Å². The summed E-state index contributed by atoms with van der Waals surface area (Å²) in [6.45, 7) is 6.53. The van der Waals surface area contributed by atoms with Crippen LogP contribution in [0.3, 0.4) is 0 Å². The molecule has 0 saturated carbocycles. The van der Waals surface area contributed by atoms with Gasteiger partial charge >= 0.3 is 0 Å². The van der Waals surface area contributed by atoms with E-state index in [4.69, 9.17) is 23.2 Å². The molecule has 1 atom stereocenters. The van der Waals surface area contributed by atoms with Gasteiger partial charge in [-0.15, -0.1) is 0 Å². The Hall–Kier alpha value is -2.04. The molecule has 0 aliphatic carbocycles. The highest BCUT2D eigenvalue weighted by Crippen LogP contribution is 2.27. The lowest BCUT2D eigenvalue weighted by molar-refractivity contribution is -0.140. The predicted octanol–water partition coefficient (Wildman–Crippen LogP) is 5.12. The highest BCUT2D eigenvalue weighted by Gasteiger charge is 2.27. The molecule has 156 valence electrons. The Balaban J connectivity index is 2.19. The summed E-state index contributed by atoms with van der Waals surface area (Å²) in [5.74, 6) is 0.0263. The van der Waals surface area contributed by atoms with Crippen molar-refractivity contribution >= 4 is 35.0 Å². The van der Waals surface area contributed by atoms with Crippen LogP contribution in [0.2, 0.25) is 10.0 Å². The average molecular weight is 435 g/mol. The Labute approximate surface area is 183 Å². The molecule has 0 radical (unpaired) electrons. The van der Waals surface area contributed by atoms with Gasteiger partial charge in [0.2, 0.25) is 11.8 Å². The van der Waals surface area contributed by atoms with Crippen LogP contribution in [0.25, 0.3) is 0 Å². The van der Waals surface area contributed by atoms with Crippen molar-refractivity contribution in [2.75, 3.05) is 6.54 Å². The van der Waals surface area contributed by atoms with Crippen LogP contribution in [0.15, 0.2) is 48.5 Å². The zero-order valence-electron chi connectivity index (χ0n) is 17.1.